The SMILES string of the molecule is C=C(C)C[Si](C)(CCCCCCCOC(=O)C(=C)C)CC(=C)C. The molecule has 0 aliphatic heterocycles. The minimum atomic E-state index is -1.26. The molecule has 0 aliphatic rings. The number of allylic oxidation sites excluding steroid dienone is 2. The third kappa shape index (κ3) is 12.0. The van der Waals surface area contributed by atoms with E-state index >= 15 is 0 Å². The fourth-order valence-electron chi connectivity index (χ4n) is 3.17. The molecule has 2 nitrogen and oxygen atoms in total. The van der Waals surface area contributed by atoms with Crippen LogP contribution in [-0.2, 0) is 9.53 Å². The minimum Gasteiger partial charge on any atom is -0.462 e. The highest BCUT2D eigenvalue weighted by atomic mass is 28.3. The van der Waals surface area contributed by atoms with E-state index in [4.69, 9.17) is 4.74 Å². The molecule has 3 heteroatoms. The van der Waals surface area contributed by atoms with Crippen LogP contribution in [0.3, 0.4) is 0 Å². The van der Waals surface area contributed by atoms with E-state index in [1.54, 1.807) is 6.92 Å². The van der Waals surface area contributed by atoms with E-state index in [0.29, 0.717) is 12.2 Å². The summed E-state index contributed by atoms with van der Waals surface area (Å²) in [5.41, 5.74) is 3.11. The molecule has 0 saturated heterocycles. The van der Waals surface area contributed by atoms with Crippen molar-refractivity contribution in [3.05, 3.63) is 36.5 Å². The number of unbranched alkanes of at least 4 members (excludes halogenated alkanes) is 4. The molecule has 0 aliphatic carbocycles. The lowest BCUT2D eigenvalue weighted by molar-refractivity contribution is -0.139. The Morgan fingerprint density at radius 2 is 1.35 bits per heavy atom. The number of hydrogen-bond acceptors (Lipinski definition) is 2. The van der Waals surface area contributed by atoms with Crippen molar-refractivity contribution >= 4 is 14.0 Å². The standard InChI is InChI=1S/C20H36O2Si/c1-17(2)15-23(7,16-18(3)4)14-12-10-8-9-11-13-22-20(21)19(5)6/h1,3,5,8-16H2,2,4,6-7H3. The Balaban J connectivity index is 3.86. The number of hydrogen-bond donors (Lipinski definition) is 0. The maximum Gasteiger partial charge on any atom is 0.333 e. The second-order valence-electron chi connectivity index (χ2n) is 7.51. The summed E-state index contributed by atoms with van der Waals surface area (Å²) in [6.07, 6.45) is 5.86. The molecule has 0 rings (SSSR count). The van der Waals surface area contributed by atoms with Gasteiger partial charge >= 0.3 is 5.97 Å². The zero-order chi connectivity index (χ0) is 17.9. The zero-order valence-corrected chi connectivity index (χ0v) is 16.8. The monoisotopic (exact) mass is 336 g/mol. The van der Waals surface area contributed by atoms with Crippen molar-refractivity contribution in [3.8, 4) is 0 Å². The molecule has 0 spiro atoms. The van der Waals surface area contributed by atoms with E-state index in [-0.39, 0.29) is 5.97 Å². The maximum atomic E-state index is 11.2. The maximum absolute atomic E-state index is 11.2. The van der Waals surface area contributed by atoms with Gasteiger partial charge < -0.3 is 4.74 Å². The molecule has 0 saturated carbocycles. The summed E-state index contributed by atoms with van der Waals surface area (Å²) in [4.78, 5) is 11.2. The first-order valence-electron chi connectivity index (χ1n) is 8.78. The van der Waals surface area contributed by atoms with Crippen LogP contribution in [0.25, 0.3) is 0 Å². The highest BCUT2D eigenvalue weighted by molar-refractivity contribution is 6.79. The molecule has 0 amide bonds. The first kappa shape index (κ1) is 21.9. The van der Waals surface area contributed by atoms with Gasteiger partial charge in [-0.05, 0) is 39.3 Å². The third-order valence-corrected chi connectivity index (χ3v) is 8.44. The van der Waals surface area contributed by atoms with Gasteiger partial charge in [0.2, 0.25) is 0 Å². The quantitative estimate of drug-likeness (QED) is 0.130. The van der Waals surface area contributed by atoms with Crippen LogP contribution in [0.4, 0.5) is 0 Å². The lowest BCUT2D eigenvalue weighted by Crippen LogP contribution is -2.30. The summed E-state index contributed by atoms with van der Waals surface area (Å²) in [5, 5.41) is 0. The Morgan fingerprint density at radius 1 is 0.870 bits per heavy atom. The molecule has 0 unspecified atom stereocenters. The number of ether oxygens (including phenoxy) is 1. The van der Waals surface area contributed by atoms with Crippen LogP contribution < -0.4 is 0 Å². The predicted octanol–water partition coefficient (Wildman–Crippen LogP) is 6.29. The molecule has 0 aromatic heterocycles. The van der Waals surface area contributed by atoms with Gasteiger partial charge in [0.25, 0.3) is 0 Å². The van der Waals surface area contributed by atoms with Gasteiger partial charge in [0.05, 0.1) is 14.7 Å². The van der Waals surface area contributed by atoms with Crippen molar-refractivity contribution in [3.63, 3.8) is 0 Å². The second kappa shape index (κ2) is 11.4. The average Bonchev–Trinajstić information content (AvgIpc) is 2.39. The number of esters is 1. The van der Waals surface area contributed by atoms with E-state index in [0.717, 1.165) is 12.8 Å². The molecular weight excluding hydrogens is 300 g/mol. The topological polar surface area (TPSA) is 26.3 Å². The zero-order valence-electron chi connectivity index (χ0n) is 15.8. The number of rotatable bonds is 13. The second-order valence-corrected chi connectivity index (χ2v) is 12.3. The van der Waals surface area contributed by atoms with Crippen LogP contribution >= 0.6 is 0 Å². The summed E-state index contributed by atoms with van der Waals surface area (Å²) in [6.45, 7) is 20.8. The van der Waals surface area contributed by atoms with Crippen LogP contribution in [-0.4, -0.2) is 20.7 Å². The fourth-order valence-corrected chi connectivity index (χ4v) is 7.66. The van der Waals surface area contributed by atoms with Gasteiger partial charge in [0, 0.05) is 5.57 Å². The largest absolute Gasteiger partial charge is 0.462 e. The Labute approximate surface area is 144 Å². The van der Waals surface area contributed by atoms with Gasteiger partial charge in [-0.15, -0.1) is 13.2 Å². The van der Waals surface area contributed by atoms with Crippen LogP contribution in [0, 0.1) is 0 Å². The van der Waals surface area contributed by atoms with Crippen LogP contribution in [0.1, 0.15) is 52.9 Å². The summed E-state index contributed by atoms with van der Waals surface area (Å²) in [6, 6.07) is 3.80. The predicted molar refractivity (Wildman–Crippen MR) is 105 cm³/mol. The van der Waals surface area contributed by atoms with Crippen LogP contribution in [0.5, 0.6) is 0 Å². The minimum absolute atomic E-state index is 0.272. The van der Waals surface area contributed by atoms with Crippen LogP contribution in [0.2, 0.25) is 24.7 Å². The number of carbonyl (C=O) groups is 1. The molecule has 0 N–H and O–H groups in total. The summed E-state index contributed by atoms with van der Waals surface area (Å²) < 4.78 is 5.10. The van der Waals surface area contributed by atoms with Gasteiger partial charge in [-0.1, -0.05) is 56.0 Å². The summed E-state index contributed by atoms with van der Waals surface area (Å²) in [7, 11) is -1.26. The normalized spacial score (nSPS) is 11.1. The van der Waals surface area contributed by atoms with Crippen molar-refractivity contribution in [1.29, 1.82) is 0 Å². The first-order chi connectivity index (χ1) is 10.7. The Hall–Kier alpha value is -1.09. The first-order valence-corrected chi connectivity index (χ1v) is 11.9. The molecule has 23 heavy (non-hydrogen) atoms. The summed E-state index contributed by atoms with van der Waals surface area (Å²) in [5.74, 6) is -0.272. The molecule has 0 aromatic carbocycles. The van der Waals surface area contributed by atoms with Gasteiger partial charge in [-0.2, -0.15) is 0 Å². The van der Waals surface area contributed by atoms with Gasteiger partial charge in [0.15, 0.2) is 0 Å². The number of carbonyl (C=O) groups excluding carboxylic acids is 1. The third-order valence-electron chi connectivity index (χ3n) is 3.96. The van der Waals surface area contributed by atoms with Gasteiger partial charge in [0.1, 0.15) is 0 Å². The molecule has 132 valence electrons. The van der Waals surface area contributed by atoms with Crippen molar-refractivity contribution in [2.45, 2.75) is 77.6 Å². The van der Waals surface area contributed by atoms with E-state index in [9.17, 15) is 4.79 Å². The van der Waals surface area contributed by atoms with Crippen molar-refractivity contribution in [2.24, 2.45) is 0 Å². The Bertz CT molecular complexity index is 407. The fraction of sp³-hybridized carbons (Fsp3) is 0.650. The molecule has 0 radical (unpaired) electrons. The van der Waals surface area contributed by atoms with Crippen molar-refractivity contribution in [2.75, 3.05) is 6.61 Å². The highest BCUT2D eigenvalue weighted by Crippen LogP contribution is 2.29. The molecule has 0 bridgehead atoms. The smallest absolute Gasteiger partial charge is 0.333 e. The molecule has 0 atom stereocenters. The van der Waals surface area contributed by atoms with E-state index < -0.39 is 8.07 Å². The van der Waals surface area contributed by atoms with Crippen molar-refractivity contribution in [1.82, 2.24) is 0 Å². The highest BCUT2D eigenvalue weighted by Gasteiger charge is 2.26. The van der Waals surface area contributed by atoms with Gasteiger partial charge in [-0.25, -0.2) is 4.79 Å². The average molecular weight is 337 g/mol. The molecule has 0 aromatic rings. The van der Waals surface area contributed by atoms with E-state index in [1.807, 2.05) is 0 Å². The van der Waals surface area contributed by atoms with Gasteiger partial charge in [-0.3, -0.25) is 0 Å². The summed E-state index contributed by atoms with van der Waals surface area (Å²) >= 11 is 0. The lowest BCUT2D eigenvalue weighted by atomic mass is 10.2. The van der Waals surface area contributed by atoms with Crippen molar-refractivity contribution < 1.29 is 9.53 Å². The van der Waals surface area contributed by atoms with E-state index in [2.05, 4.69) is 40.1 Å². The van der Waals surface area contributed by atoms with Crippen LogP contribution in [0.15, 0.2) is 36.5 Å². The Morgan fingerprint density at radius 3 is 1.83 bits per heavy atom. The van der Waals surface area contributed by atoms with E-state index in [1.165, 1.54) is 48.5 Å². The molecular formula is C20H36O2Si. The Kier molecular flexibility index (Phi) is 10.9. The molecule has 0 heterocycles. The molecule has 0 fully saturated rings. The lowest BCUT2D eigenvalue weighted by Gasteiger charge is -2.28.